The molecule has 0 unspecified atom stereocenters. The molecule has 31 heavy (non-hydrogen) atoms. The van der Waals surface area contributed by atoms with Gasteiger partial charge in [-0.15, -0.1) is 11.3 Å². The first-order valence-electron chi connectivity index (χ1n) is 10.5. The maximum atomic E-state index is 12.2. The van der Waals surface area contributed by atoms with E-state index < -0.39 is 0 Å². The van der Waals surface area contributed by atoms with Crippen molar-refractivity contribution >= 4 is 39.8 Å². The molecule has 1 amide bonds. The first-order valence-corrected chi connectivity index (χ1v) is 11.3. The third-order valence-electron chi connectivity index (χ3n) is 4.62. The van der Waals surface area contributed by atoms with E-state index in [0.29, 0.717) is 17.3 Å². The molecule has 0 aromatic carbocycles. The fourth-order valence-electron chi connectivity index (χ4n) is 3.10. The maximum Gasteiger partial charge on any atom is 0.348 e. The lowest BCUT2D eigenvalue weighted by Crippen LogP contribution is -2.37. The Morgan fingerprint density at radius 3 is 2.58 bits per heavy atom. The molecule has 0 spiro atoms. The fourth-order valence-corrected chi connectivity index (χ4v) is 4.22. The first-order chi connectivity index (χ1) is 14.9. The van der Waals surface area contributed by atoms with Crippen molar-refractivity contribution in [2.24, 2.45) is 0 Å². The van der Waals surface area contributed by atoms with E-state index in [9.17, 15) is 9.59 Å². The molecule has 1 aliphatic rings. The Hall–Kier alpha value is -2.30. The van der Waals surface area contributed by atoms with Crippen molar-refractivity contribution in [1.82, 2.24) is 19.8 Å². The first kappa shape index (κ1) is 25.0. The van der Waals surface area contributed by atoms with Crippen molar-refractivity contribution in [1.29, 1.82) is 0 Å². The molecular formula is C21H33N5O4S. The second-order valence-corrected chi connectivity index (χ2v) is 8.38. The van der Waals surface area contributed by atoms with E-state index in [1.807, 2.05) is 20.8 Å². The van der Waals surface area contributed by atoms with Crippen LogP contribution in [-0.2, 0) is 14.3 Å². The number of anilines is 1. The number of amides is 1. The van der Waals surface area contributed by atoms with Gasteiger partial charge in [-0.1, -0.05) is 0 Å². The number of carbonyl (C=O) groups is 2. The van der Waals surface area contributed by atoms with E-state index >= 15 is 0 Å². The molecule has 10 heteroatoms. The summed E-state index contributed by atoms with van der Waals surface area (Å²) in [6.07, 6.45) is 1.78. The third kappa shape index (κ3) is 7.41. The Morgan fingerprint density at radius 2 is 1.97 bits per heavy atom. The zero-order valence-corrected chi connectivity index (χ0v) is 19.9. The van der Waals surface area contributed by atoms with Crippen LogP contribution >= 0.6 is 11.3 Å². The van der Waals surface area contributed by atoms with E-state index in [0.717, 1.165) is 73.8 Å². The van der Waals surface area contributed by atoms with Gasteiger partial charge in [-0.2, -0.15) is 0 Å². The number of esters is 1. The van der Waals surface area contributed by atoms with Gasteiger partial charge in [-0.25, -0.2) is 14.8 Å². The Kier molecular flexibility index (Phi) is 10.1. The number of morpholine rings is 1. The number of hydrogen-bond donors (Lipinski definition) is 1. The van der Waals surface area contributed by atoms with Crippen LogP contribution in [0.5, 0.6) is 0 Å². The molecule has 1 fully saturated rings. The highest BCUT2D eigenvalue weighted by Crippen LogP contribution is 2.34. The van der Waals surface area contributed by atoms with Gasteiger partial charge in [-0.05, 0) is 39.3 Å². The number of ether oxygens (including phenoxy) is 2. The predicted molar refractivity (Wildman–Crippen MR) is 123 cm³/mol. The number of carbonyl (C=O) groups excluding carboxylic acids is 2. The summed E-state index contributed by atoms with van der Waals surface area (Å²) in [6, 6.07) is 0. The third-order valence-corrected chi connectivity index (χ3v) is 5.79. The van der Waals surface area contributed by atoms with Gasteiger partial charge in [0.1, 0.15) is 21.3 Å². The average Bonchev–Trinajstić information content (AvgIpc) is 3.08. The molecule has 0 aliphatic carbocycles. The van der Waals surface area contributed by atoms with E-state index in [1.54, 1.807) is 14.1 Å². The second kappa shape index (κ2) is 12.5. The molecule has 9 nitrogen and oxygen atoms in total. The molecule has 3 rings (SSSR count). The largest absolute Gasteiger partial charge is 0.462 e. The van der Waals surface area contributed by atoms with Crippen LogP contribution in [0.1, 0.15) is 34.4 Å². The Bertz CT molecular complexity index is 865. The van der Waals surface area contributed by atoms with Crippen LogP contribution in [0, 0.1) is 13.8 Å². The number of hydrogen-bond acceptors (Lipinski definition) is 9. The SMILES string of the molecule is CCOC(=O)c1sc2nc(C)nc(NCCCN3CCOCC3)c2c1C.CN(C)C=O. The fraction of sp³-hybridized carbons (Fsp3) is 0.619. The van der Waals surface area contributed by atoms with Crippen molar-refractivity contribution < 1.29 is 19.1 Å². The van der Waals surface area contributed by atoms with Gasteiger partial charge in [0.15, 0.2) is 0 Å². The maximum absolute atomic E-state index is 12.2. The van der Waals surface area contributed by atoms with Crippen molar-refractivity contribution in [3.05, 3.63) is 16.3 Å². The number of nitrogens with zero attached hydrogens (tertiary/aromatic N) is 4. The summed E-state index contributed by atoms with van der Waals surface area (Å²) in [6.45, 7) is 11.5. The minimum absolute atomic E-state index is 0.288. The van der Waals surface area contributed by atoms with Crippen LogP contribution in [-0.4, -0.2) is 92.2 Å². The average molecular weight is 452 g/mol. The minimum Gasteiger partial charge on any atom is -0.462 e. The lowest BCUT2D eigenvalue weighted by molar-refractivity contribution is -0.115. The molecule has 0 bridgehead atoms. The topological polar surface area (TPSA) is 96.9 Å². The molecular weight excluding hydrogens is 418 g/mol. The van der Waals surface area contributed by atoms with Crippen LogP contribution in [0.25, 0.3) is 10.2 Å². The highest BCUT2D eigenvalue weighted by atomic mass is 32.1. The summed E-state index contributed by atoms with van der Waals surface area (Å²) >= 11 is 1.37. The van der Waals surface area contributed by atoms with E-state index in [2.05, 4.69) is 20.2 Å². The predicted octanol–water partition coefficient (Wildman–Crippen LogP) is 2.32. The molecule has 3 heterocycles. The van der Waals surface area contributed by atoms with Crippen LogP contribution < -0.4 is 5.32 Å². The van der Waals surface area contributed by atoms with Crippen molar-refractivity contribution in [2.45, 2.75) is 27.2 Å². The summed E-state index contributed by atoms with van der Waals surface area (Å²) in [5, 5.41) is 4.36. The molecule has 1 aliphatic heterocycles. The van der Waals surface area contributed by atoms with Crippen molar-refractivity contribution in [2.75, 3.05) is 65.4 Å². The van der Waals surface area contributed by atoms with Crippen LogP contribution in [0.4, 0.5) is 5.82 Å². The summed E-state index contributed by atoms with van der Waals surface area (Å²) in [5.74, 6) is 1.22. The monoisotopic (exact) mass is 451 g/mol. The second-order valence-electron chi connectivity index (χ2n) is 7.38. The standard InChI is InChI=1S/C18H26N4O3S.C3H7NO/c1-4-25-18(23)15-12(2)14-16(20-13(3)21-17(14)26-15)19-6-5-7-22-8-10-24-11-9-22;1-4(2)3-5/h4-11H2,1-3H3,(H,19,20,21);3H,1-2H3. The molecule has 0 radical (unpaired) electrons. The molecule has 0 atom stereocenters. The van der Waals surface area contributed by atoms with Gasteiger partial charge in [0, 0.05) is 33.7 Å². The molecule has 172 valence electrons. The number of aryl methyl sites for hydroxylation is 2. The quantitative estimate of drug-likeness (QED) is 0.371. The highest BCUT2D eigenvalue weighted by Gasteiger charge is 2.20. The summed E-state index contributed by atoms with van der Waals surface area (Å²) in [5.41, 5.74) is 0.888. The van der Waals surface area contributed by atoms with E-state index in [1.165, 1.54) is 16.2 Å². The minimum atomic E-state index is -0.288. The molecule has 0 saturated carbocycles. The smallest absolute Gasteiger partial charge is 0.348 e. The van der Waals surface area contributed by atoms with Gasteiger partial charge in [0.05, 0.1) is 25.2 Å². The molecule has 1 N–H and O–H groups in total. The Balaban J connectivity index is 0.000000614. The van der Waals surface area contributed by atoms with E-state index in [-0.39, 0.29) is 5.97 Å². The highest BCUT2D eigenvalue weighted by molar-refractivity contribution is 7.20. The van der Waals surface area contributed by atoms with Gasteiger partial charge >= 0.3 is 5.97 Å². The zero-order chi connectivity index (χ0) is 22.8. The summed E-state index contributed by atoms with van der Waals surface area (Å²) in [4.78, 5) is 36.0. The van der Waals surface area contributed by atoms with Crippen molar-refractivity contribution in [3.8, 4) is 0 Å². The number of thiophene rings is 1. The number of rotatable bonds is 8. The molecule has 1 saturated heterocycles. The molecule has 2 aromatic rings. The van der Waals surface area contributed by atoms with Crippen LogP contribution in [0.15, 0.2) is 0 Å². The number of nitrogens with one attached hydrogen (secondary N) is 1. The normalized spacial score (nSPS) is 14.0. The zero-order valence-electron chi connectivity index (χ0n) is 19.1. The number of fused-ring (bicyclic) bond motifs is 1. The number of aromatic nitrogens is 2. The van der Waals surface area contributed by atoms with Gasteiger partial charge < -0.3 is 19.7 Å². The lowest BCUT2D eigenvalue weighted by atomic mass is 10.2. The van der Waals surface area contributed by atoms with Gasteiger partial charge in [0.2, 0.25) is 6.41 Å². The van der Waals surface area contributed by atoms with Crippen molar-refractivity contribution in [3.63, 3.8) is 0 Å². The van der Waals surface area contributed by atoms with E-state index in [4.69, 9.17) is 9.47 Å². The Labute approximate surface area is 187 Å². The van der Waals surface area contributed by atoms with Gasteiger partial charge in [0.25, 0.3) is 0 Å². The summed E-state index contributed by atoms with van der Waals surface area (Å²) < 4.78 is 10.5. The lowest BCUT2D eigenvalue weighted by Gasteiger charge is -2.26. The van der Waals surface area contributed by atoms with Crippen LogP contribution in [0.3, 0.4) is 0 Å². The molecule has 2 aromatic heterocycles. The summed E-state index contributed by atoms with van der Waals surface area (Å²) in [7, 11) is 3.38. The van der Waals surface area contributed by atoms with Crippen LogP contribution in [0.2, 0.25) is 0 Å². The Morgan fingerprint density at radius 1 is 1.29 bits per heavy atom. The van der Waals surface area contributed by atoms with Gasteiger partial charge in [-0.3, -0.25) is 9.69 Å².